The highest BCUT2D eigenvalue weighted by Gasteiger charge is 2.25. The van der Waals surface area contributed by atoms with Gasteiger partial charge >= 0.3 is 0 Å². The van der Waals surface area contributed by atoms with Crippen LogP contribution < -0.4 is 5.32 Å². The number of aryl methyl sites for hydroxylation is 1. The van der Waals surface area contributed by atoms with Crippen molar-refractivity contribution in [1.29, 1.82) is 0 Å². The third kappa shape index (κ3) is 5.57. The Labute approximate surface area is 177 Å². The van der Waals surface area contributed by atoms with Gasteiger partial charge in [-0.3, -0.25) is 9.69 Å². The van der Waals surface area contributed by atoms with Gasteiger partial charge in [-0.2, -0.15) is 4.31 Å². The fourth-order valence-corrected chi connectivity index (χ4v) is 4.60. The van der Waals surface area contributed by atoms with Crippen LogP contribution in [0.5, 0.6) is 0 Å². The molecule has 1 aliphatic rings. The van der Waals surface area contributed by atoms with Crippen LogP contribution in [0, 0.1) is 6.92 Å². The molecule has 2 aromatic rings. The molecule has 0 atom stereocenters. The number of carbonyl (C=O) groups is 1. The molecule has 3 rings (SSSR count). The van der Waals surface area contributed by atoms with E-state index in [4.69, 9.17) is 11.6 Å². The molecule has 0 unspecified atom stereocenters. The quantitative estimate of drug-likeness (QED) is 0.755. The number of amides is 1. The van der Waals surface area contributed by atoms with Gasteiger partial charge in [0.05, 0.1) is 5.75 Å². The van der Waals surface area contributed by atoms with Crippen LogP contribution in [-0.4, -0.2) is 55.5 Å². The molecular formula is C21H26ClN3O3S. The second-order valence-electron chi connectivity index (χ2n) is 7.19. The first kappa shape index (κ1) is 21.8. The van der Waals surface area contributed by atoms with Gasteiger partial charge in [-0.1, -0.05) is 29.8 Å². The smallest absolute Gasteiger partial charge is 0.255 e. The molecule has 156 valence electrons. The maximum Gasteiger partial charge on any atom is 0.255 e. The molecule has 0 spiro atoms. The zero-order valence-electron chi connectivity index (χ0n) is 16.7. The van der Waals surface area contributed by atoms with Crippen molar-refractivity contribution in [2.45, 2.75) is 20.4 Å². The predicted octanol–water partition coefficient (Wildman–Crippen LogP) is 3.37. The third-order valence-electron chi connectivity index (χ3n) is 5.13. The van der Waals surface area contributed by atoms with E-state index in [1.165, 1.54) is 0 Å². The largest absolute Gasteiger partial charge is 0.322 e. The lowest BCUT2D eigenvalue weighted by atomic mass is 10.1. The highest BCUT2D eigenvalue weighted by molar-refractivity contribution is 7.89. The first-order chi connectivity index (χ1) is 13.8. The van der Waals surface area contributed by atoms with Gasteiger partial charge in [0.1, 0.15) is 0 Å². The SMILES string of the molecule is CCS(=O)(=O)N1CCN(Cc2cccc(C(=O)Nc3cc(Cl)ccc3C)c2)CC1. The summed E-state index contributed by atoms with van der Waals surface area (Å²) in [7, 11) is -3.13. The standard InChI is InChI=1S/C21H26ClN3O3S/c1-3-29(27,28)25-11-9-24(10-12-25)15-17-5-4-6-18(13-17)21(26)23-20-14-19(22)8-7-16(20)2/h4-8,13-14H,3,9-12,15H2,1-2H3,(H,23,26). The summed E-state index contributed by atoms with van der Waals surface area (Å²) >= 11 is 6.03. The number of hydrogen-bond donors (Lipinski definition) is 1. The molecule has 0 aliphatic carbocycles. The Bertz CT molecular complexity index is 986. The molecule has 6 nitrogen and oxygen atoms in total. The number of carbonyl (C=O) groups excluding carboxylic acids is 1. The minimum Gasteiger partial charge on any atom is -0.322 e. The van der Waals surface area contributed by atoms with E-state index >= 15 is 0 Å². The molecule has 1 saturated heterocycles. The number of piperazine rings is 1. The van der Waals surface area contributed by atoms with Crippen LogP contribution in [-0.2, 0) is 16.6 Å². The maximum atomic E-state index is 12.7. The van der Waals surface area contributed by atoms with E-state index in [9.17, 15) is 13.2 Å². The second-order valence-corrected chi connectivity index (χ2v) is 9.88. The van der Waals surface area contributed by atoms with Gasteiger partial charge in [-0.15, -0.1) is 0 Å². The molecule has 0 aromatic heterocycles. The molecule has 1 heterocycles. The van der Waals surface area contributed by atoms with E-state index < -0.39 is 10.0 Å². The van der Waals surface area contributed by atoms with Crippen molar-refractivity contribution in [3.05, 3.63) is 64.2 Å². The number of rotatable bonds is 6. The zero-order valence-corrected chi connectivity index (χ0v) is 18.3. The lowest BCUT2D eigenvalue weighted by molar-refractivity contribution is 0.102. The molecule has 1 aliphatic heterocycles. The van der Waals surface area contributed by atoms with Crippen LogP contribution in [0.4, 0.5) is 5.69 Å². The summed E-state index contributed by atoms with van der Waals surface area (Å²) in [5.74, 6) is -0.0490. The van der Waals surface area contributed by atoms with E-state index in [2.05, 4.69) is 10.2 Å². The zero-order chi connectivity index (χ0) is 21.0. The molecular weight excluding hydrogens is 410 g/mol. The topological polar surface area (TPSA) is 69.7 Å². The molecule has 1 N–H and O–H groups in total. The van der Waals surface area contributed by atoms with E-state index in [1.54, 1.807) is 29.4 Å². The summed E-state index contributed by atoms with van der Waals surface area (Å²) in [6.07, 6.45) is 0. The predicted molar refractivity (Wildman–Crippen MR) is 117 cm³/mol. The molecule has 29 heavy (non-hydrogen) atoms. The number of benzene rings is 2. The van der Waals surface area contributed by atoms with Gasteiger partial charge in [0.25, 0.3) is 5.91 Å². The second kappa shape index (κ2) is 9.26. The monoisotopic (exact) mass is 435 g/mol. The average Bonchev–Trinajstić information content (AvgIpc) is 2.71. The van der Waals surface area contributed by atoms with E-state index in [0.717, 1.165) is 11.1 Å². The third-order valence-corrected chi connectivity index (χ3v) is 7.25. The van der Waals surface area contributed by atoms with Gasteiger partial charge in [0, 0.05) is 49.0 Å². The Morgan fingerprint density at radius 3 is 2.52 bits per heavy atom. The lowest BCUT2D eigenvalue weighted by Gasteiger charge is -2.33. The van der Waals surface area contributed by atoms with Crippen LogP contribution >= 0.6 is 11.6 Å². The van der Waals surface area contributed by atoms with Crippen molar-refractivity contribution >= 4 is 33.2 Å². The summed E-state index contributed by atoms with van der Waals surface area (Å²) in [5, 5.41) is 3.49. The average molecular weight is 436 g/mol. The number of sulfonamides is 1. The maximum absolute atomic E-state index is 12.7. The van der Waals surface area contributed by atoms with Crippen LogP contribution in [0.15, 0.2) is 42.5 Å². The fraction of sp³-hybridized carbons (Fsp3) is 0.381. The van der Waals surface area contributed by atoms with E-state index in [0.29, 0.717) is 49.0 Å². The number of nitrogens with zero attached hydrogens (tertiary/aromatic N) is 2. The summed E-state index contributed by atoms with van der Waals surface area (Å²) in [4.78, 5) is 14.9. The van der Waals surface area contributed by atoms with Crippen molar-refractivity contribution in [3.8, 4) is 0 Å². The fourth-order valence-electron chi connectivity index (χ4n) is 3.34. The summed E-state index contributed by atoms with van der Waals surface area (Å²) in [6.45, 7) is 6.63. The molecule has 0 radical (unpaired) electrons. The van der Waals surface area contributed by atoms with Gasteiger partial charge < -0.3 is 5.32 Å². The van der Waals surface area contributed by atoms with Crippen molar-refractivity contribution < 1.29 is 13.2 Å². The Balaban J connectivity index is 1.63. The molecule has 2 aromatic carbocycles. The van der Waals surface area contributed by atoms with E-state index in [1.807, 2.05) is 31.2 Å². The summed E-state index contributed by atoms with van der Waals surface area (Å²) in [5.41, 5.74) is 3.24. The molecule has 8 heteroatoms. The van der Waals surface area contributed by atoms with E-state index in [-0.39, 0.29) is 11.7 Å². The number of nitrogens with one attached hydrogen (secondary N) is 1. The van der Waals surface area contributed by atoms with Gasteiger partial charge in [0.15, 0.2) is 0 Å². The van der Waals surface area contributed by atoms with Crippen molar-refractivity contribution in [2.24, 2.45) is 0 Å². The normalized spacial score (nSPS) is 16.0. The Morgan fingerprint density at radius 2 is 1.83 bits per heavy atom. The molecule has 1 amide bonds. The summed E-state index contributed by atoms with van der Waals surface area (Å²) in [6, 6.07) is 12.9. The number of anilines is 1. The first-order valence-corrected chi connectivity index (χ1v) is 11.6. The van der Waals surface area contributed by atoms with Gasteiger partial charge in [-0.05, 0) is 49.2 Å². The molecule has 0 bridgehead atoms. The Hall–Kier alpha value is -1.93. The van der Waals surface area contributed by atoms with Crippen LogP contribution in [0.1, 0.15) is 28.4 Å². The van der Waals surface area contributed by atoms with Gasteiger partial charge in [-0.25, -0.2) is 8.42 Å². The number of halogens is 1. The highest BCUT2D eigenvalue weighted by atomic mass is 35.5. The molecule has 0 saturated carbocycles. The van der Waals surface area contributed by atoms with Crippen molar-refractivity contribution in [3.63, 3.8) is 0 Å². The number of hydrogen-bond acceptors (Lipinski definition) is 4. The minimum absolute atomic E-state index is 0.135. The van der Waals surface area contributed by atoms with Gasteiger partial charge in [0.2, 0.25) is 10.0 Å². The van der Waals surface area contributed by atoms with Crippen LogP contribution in [0.25, 0.3) is 0 Å². The Kier molecular flexibility index (Phi) is 6.95. The highest BCUT2D eigenvalue weighted by Crippen LogP contribution is 2.21. The van der Waals surface area contributed by atoms with Crippen molar-refractivity contribution in [1.82, 2.24) is 9.21 Å². The van der Waals surface area contributed by atoms with Crippen molar-refractivity contribution in [2.75, 3.05) is 37.2 Å². The Morgan fingerprint density at radius 1 is 1.10 bits per heavy atom. The van der Waals surface area contributed by atoms with Crippen LogP contribution in [0.3, 0.4) is 0 Å². The lowest BCUT2D eigenvalue weighted by Crippen LogP contribution is -2.48. The summed E-state index contributed by atoms with van der Waals surface area (Å²) < 4.78 is 25.5. The minimum atomic E-state index is -3.13. The first-order valence-electron chi connectivity index (χ1n) is 9.65. The van der Waals surface area contributed by atoms with Crippen LogP contribution in [0.2, 0.25) is 5.02 Å². The molecule has 1 fully saturated rings.